The fourth-order valence-electron chi connectivity index (χ4n) is 3.51. The maximum atomic E-state index is 14.3. The highest BCUT2D eigenvalue weighted by Crippen LogP contribution is 2.38. The van der Waals surface area contributed by atoms with Crippen LogP contribution in [0.1, 0.15) is 27.5 Å². The third-order valence-electron chi connectivity index (χ3n) is 4.76. The van der Waals surface area contributed by atoms with Crippen LogP contribution in [0, 0.1) is 11.6 Å². The molecule has 4 rings (SSSR count). The zero-order valence-corrected chi connectivity index (χ0v) is 16.6. The number of hydrogen-bond acceptors (Lipinski definition) is 2. The maximum absolute atomic E-state index is 14.3. The summed E-state index contributed by atoms with van der Waals surface area (Å²) in [5, 5.41) is 2.77. The van der Waals surface area contributed by atoms with Crippen molar-refractivity contribution >= 4 is 33.4 Å². The SMILES string of the molecule is O=C1CN(C(=O)c2c(F)cccc2F)[C@@H](c2ccccc2)c2cc(Br)ccc2N1. The van der Waals surface area contributed by atoms with E-state index in [1.807, 2.05) is 18.2 Å². The van der Waals surface area contributed by atoms with Crippen molar-refractivity contribution in [2.24, 2.45) is 0 Å². The van der Waals surface area contributed by atoms with E-state index in [9.17, 15) is 18.4 Å². The van der Waals surface area contributed by atoms with Gasteiger partial charge in [0, 0.05) is 15.7 Å². The lowest BCUT2D eigenvalue weighted by atomic mass is 9.95. The molecular formula is C22H15BrF2N2O2. The lowest BCUT2D eigenvalue weighted by Gasteiger charge is -2.31. The fraction of sp³-hybridized carbons (Fsp3) is 0.0909. The van der Waals surface area contributed by atoms with Gasteiger partial charge in [0.2, 0.25) is 5.91 Å². The Bertz CT molecular complexity index is 1080. The lowest BCUT2D eigenvalue weighted by molar-refractivity contribution is -0.117. The van der Waals surface area contributed by atoms with Crippen molar-refractivity contribution in [1.82, 2.24) is 4.90 Å². The molecule has 1 N–H and O–H groups in total. The summed E-state index contributed by atoms with van der Waals surface area (Å²) in [5.41, 5.74) is 1.21. The van der Waals surface area contributed by atoms with Crippen molar-refractivity contribution in [2.45, 2.75) is 6.04 Å². The summed E-state index contributed by atoms with van der Waals surface area (Å²) < 4.78 is 29.4. The second-order valence-corrected chi connectivity index (χ2v) is 7.54. The van der Waals surface area contributed by atoms with Crippen LogP contribution in [0.4, 0.5) is 14.5 Å². The van der Waals surface area contributed by atoms with Gasteiger partial charge in [-0.25, -0.2) is 8.78 Å². The summed E-state index contributed by atoms with van der Waals surface area (Å²) in [5.74, 6) is -3.28. The van der Waals surface area contributed by atoms with E-state index in [-0.39, 0.29) is 6.54 Å². The van der Waals surface area contributed by atoms with Crippen molar-refractivity contribution < 1.29 is 18.4 Å². The third-order valence-corrected chi connectivity index (χ3v) is 5.25. The maximum Gasteiger partial charge on any atom is 0.261 e. The summed E-state index contributed by atoms with van der Waals surface area (Å²) in [6.45, 7) is -0.349. The van der Waals surface area contributed by atoms with Gasteiger partial charge in [0.25, 0.3) is 5.91 Å². The van der Waals surface area contributed by atoms with E-state index in [2.05, 4.69) is 21.2 Å². The molecule has 2 amide bonds. The highest BCUT2D eigenvalue weighted by Gasteiger charge is 2.36. The molecule has 0 saturated carbocycles. The second kappa shape index (κ2) is 7.75. The number of amides is 2. The molecule has 1 aliphatic rings. The number of anilines is 1. The van der Waals surface area contributed by atoms with Crippen LogP contribution in [0.25, 0.3) is 0 Å². The molecule has 29 heavy (non-hydrogen) atoms. The van der Waals surface area contributed by atoms with Gasteiger partial charge in [0.1, 0.15) is 23.7 Å². The fourth-order valence-corrected chi connectivity index (χ4v) is 3.89. The van der Waals surface area contributed by atoms with E-state index in [4.69, 9.17) is 0 Å². The van der Waals surface area contributed by atoms with Crippen LogP contribution >= 0.6 is 15.9 Å². The number of halogens is 3. The van der Waals surface area contributed by atoms with E-state index in [0.29, 0.717) is 16.8 Å². The first-order valence-electron chi connectivity index (χ1n) is 8.85. The lowest BCUT2D eigenvalue weighted by Crippen LogP contribution is -2.39. The summed E-state index contributed by atoms with van der Waals surface area (Å²) in [6, 6.07) is 16.9. The molecule has 0 bridgehead atoms. The van der Waals surface area contributed by atoms with E-state index in [1.54, 1.807) is 30.3 Å². The average Bonchev–Trinajstić information content (AvgIpc) is 2.84. The Kier molecular flexibility index (Phi) is 5.15. The number of benzene rings is 3. The summed E-state index contributed by atoms with van der Waals surface area (Å²) in [4.78, 5) is 27.0. The predicted octanol–water partition coefficient (Wildman–Crippen LogP) is 4.91. The standard InChI is InChI=1S/C22H15BrF2N2O2/c23-14-9-10-18-15(11-14)21(13-5-2-1-3-6-13)27(12-19(28)26-18)22(29)20-16(24)7-4-8-17(20)25/h1-11,21H,12H2,(H,26,28)/t21-/m0/s1. The van der Waals surface area contributed by atoms with Crippen LogP contribution in [-0.2, 0) is 4.79 Å². The van der Waals surface area contributed by atoms with Gasteiger partial charge in [-0.1, -0.05) is 52.3 Å². The molecule has 146 valence electrons. The Balaban J connectivity index is 1.93. The van der Waals surface area contributed by atoms with Crippen LogP contribution in [0.5, 0.6) is 0 Å². The molecule has 3 aromatic carbocycles. The predicted molar refractivity (Wildman–Crippen MR) is 108 cm³/mol. The summed E-state index contributed by atoms with van der Waals surface area (Å²) in [6.07, 6.45) is 0. The van der Waals surface area contributed by atoms with Gasteiger partial charge in [-0.2, -0.15) is 0 Å². The molecular weight excluding hydrogens is 442 g/mol. The first-order valence-corrected chi connectivity index (χ1v) is 9.64. The molecule has 7 heteroatoms. The van der Waals surface area contributed by atoms with Crippen LogP contribution in [0.3, 0.4) is 0 Å². The van der Waals surface area contributed by atoms with Crippen LogP contribution in [0.2, 0.25) is 0 Å². The molecule has 0 aliphatic carbocycles. The molecule has 3 aromatic rings. The number of hydrogen-bond donors (Lipinski definition) is 1. The Labute approximate surface area is 174 Å². The number of carbonyl (C=O) groups excluding carboxylic acids is 2. The molecule has 1 heterocycles. The molecule has 0 unspecified atom stereocenters. The van der Waals surface area contributed by atoms with Gasteiger partial charge in [0.05, 0.1) is 6.04 Å². The zero-order chi connectivity index (χ0) is 20.5. The highest BCUT2D eigenvalue weighted by atomic mass is 79.9. The van der Waals surface area contributed by atoms with E-state index in [0.717, 1.165) is 16.6 Å². The minimum absolute atomic E-state index is 0.349. The topological polar surface area (TPSA) is 49.4 Å². The number of nitrogens with one attached hydrogen (secondary N) is 1. The number of nitrogens with zero attached hydrogens (tertiary/aromatic N) is 1. The van der Waals surface area contributed by atoms with E-state index in [1.165, 1.54) is 11.0 Å². The van der Waals surface area contributed by atoms with Gasteiger partial charge in [-0.3, -0.25) is 9.59 Å². The van der Waals surface area contributed by atoms with Crippen LogP contribution in [-0.4, -0.2) is 23.3 Å². The van der Waals surface area contributed by atoms with Gasteiger partial charge in [-0.15, -0.1) is 0 Å². The molecule has 0 radical (unpaired) electrons. The summed E-state index contributed by atoms with van der Waals surface area (Å²) in [7, 11) is 0. The van der Waals surface area contributed by atoms with E-state index < -0.39 is 35.1 Å². The molecule has 0 spiro atoms. The van der Waals surface area contributed by atoms with Crippen molar-refractivity contribution in [2.75, 3.05) is 11.9 Å². The minimum atomic E-state index is -0.971. The molecule has 1 aliphatic heterocycles. The monoisotopic (exact) mass is 456 g/mol. The zero-order valence-electron chi connectivity index (χ0n) is 15.0. The van der Waals surface area contributed by atoms with Crippen LogP contribution in [0.15, 0.2) is 71.2 Å². The highest BCUT2D eigenvalue weighted by molar-refractivity contribution is 9.10. The van der Waals surface area contributed by atoms with Gasteiger partial charge in [-0.05, 0) is 35.9 Å². The second-order valence-electron chi connectivity index (χ2n) is 6.62. The smallest absolute Gasteiger partial charge is 0.261 e. The minimum Gasteiger partial charge on any atom is -0.324 e. The molecule has 0 aromatic heterocycles. The number of carbonyl (C=O) groups is 2. The average molecular weight is 457 g/mol. The Hall–Kier alpha value is -3.06. The Morgan fingerprint density at radius 3 is 2.38 bits per heavy atom. The van der Waals surface area contributed by atoms with Gasteiger partial charge >= 0.3 is 0 Å². The largest absolute Gasteiger partial charge is 0.324 e. The first kappa shape index (κ1) is 19.3. The van der Waals surface area contributed by atoms with Crippen molar-refractivity contribution in [1.29, 1.82) is 0 Å². The molecule has 0 fully saturated rings. The Morgan fingerprint density at radius 1 is 1.00 bits per heavy atom. The third kappa shape index (κ3) is 3.65. The molecule has 1 atom stereocenters. The van der Waals surface area contributed by atoms with Crippen LogP contribution < -0.4 is 5.32 Å². The molecule has 4 nitrogen and oxygen atoms in total. The van der Waals surface area contributed by atoms with Crippen molar-refractivity contribution in [3.8, 4) is 0 Å². The first-order chi connectivity index (χ1) is 14.0. The van der Waals surface area contributed by atoms with Gasteiger partial charge in [0.15, 0.2) is 0 Å². The van der Waals surface area contributed by atoms with E-state index >= 15 is 0 Å². The van der Waals surface area contributed by atoms with Gasteiger partial charge < -0.3 is 10.2 Å². The van der Waals surface area contributed by atoms with Crippen molar-refractivity contribution in [3.05, 3.63) is 99.5 Å². The quantitative estimate of drug-likeness (QED) is 0.595. The number of fused-ring (bicyclic) bond motifs is 1. The van der Waals surface area contributed by atoms with Crippen molar-refractivity contribution in [3.63, 3.8) is 0 Å². The normalized spacial score (nSPS) is 16.0. The summed E-state index contributed by atoms with van der Waals surface area (Å²) >= 11 is 3.42. The number of rotatable bonds is 2. The molecule has 0 saturated heterocycles. The Morgan fingerprint density at radius 2 is 1.69 bits per heavy atom.